The van der Waals surface area contributed by atoms with Crippen LogP contribution in [0.4, 0.5) is 0 Å². The zero-order valence-corrected chi connectivity index (χ0v) is 10.9. The van der Waals surface area contributed by atoms with Gasteiger partial charge in [0.05, 0.1) is 7.11 Å². The first-order valence-electron chi connectivity index (χ1n) is 6.65. The summed E-state index contributed by atoms with van der Waals surface area (Å²) >= 11 is 0. The van der Waals surface area contributed by atoms with Crippen LogP contribution in [0.2, 0.25) is 0 Å². The van der Waals surface area contributed by atoms with Crippen molar-refractivity contribution < 1.29 is 4.74 Å². The molecule has 17 heavy (non-hydrogen) atoms. The summed E-state index contributed by atoms with van der Waals surface area (Å²) in [5, 5.41) is 0. The number of benzene rings is 1. The van der Waals surface area contributed by atoms with Crippen molar-refractivity contribution in [2.24, 2.45) is 5.73 Å². The van der Waals surface area contributed by atoms with Crippen LogP contribution in [-0.2, 0) is 0 Å². The van der Waals surface area contributed by atoms with Crippen LogP contribution >= 0.6 is 0 Å². The number of nitrogens with two attached hydrogens (primary N) is 1. The van der Waals surface area contributed by atoms with Crippen molar-refractivity contribution in [1.29, 1.82) is 0 Å². The second kappa shape index (κ2) is 5.54. The summed E-state index contributed by atoms with van der Waals surface area (Å²) < 4.78 is 5.37. The Balaban J connectivity index is 2.26. The molecule has 1 aliphatic rings. The fourth-order valence-electron chi connectivity index (χ4n) is 2.80. The van der Waals surface area contributed by atoms with Crippen molar-refractivity contribution in [3.8, 4) is 5.75 Å². The minimum absolute atomic E-state index is 0.0356. The number of hydrogen-bond acceptors (Lipinski definition) is 2. The SMILES string of the molecule is COc1ccc(C2CCCCC2)cc1C(C)N. The Labute approximate surface area is 104 Å². The average molecular weight is 233 g/mol. The van der Waals surface area contributed by atoms with Gasteiger partial charge in [0.1, 0.15) is 5.75 Å². The van der Waals surface area contributed by atoms with Crippen LogP contribution in [0.5, 0.6) is 5.75 Å². The van der Waals surface area contributed by atoms with E-state index in [-0.39, 0.29) is 6.04 Å². The molecule has 1 aromatic rings. The van der Waals surface area contributed by atoms with Crippen LogP contribution in [0.1, 0.15) is 62.1 Å². The normalized spacial score (nSPS) is 19.0. The highest BCUT2D eigenvalue weighted by molar-refractivity contribution is 5.40. The maximum atomic E-state index is 6.01. The van der Waals surface area contributed by atoms with Crippen LogP contribution in [0.25, 0.3) is 0 Å². The lowest BCUT2D eigenvalue weighted by Gasteiger charge is -2.23. The molecule has 2 N–H and O–H groups in total. The van der Waals surface area contributed by atoms with Gasteiger partial charge in [-0.05, 0) is 37.3 Å². The van der Waals surface area contributed by atoms with Crippen LogP contribution in [0.3, 0.4) is 0 Å². The third kappa shape index (κ3) is 2.81. The van der Waals surface area contributed by atoms with Gasteiger partial charge in [-0.1, -0.05) is 31.4 Å². The molecule has 0 saturated heterocycles. The number of rotatable bonds is 3. The van der Waals surface area contributed by atoms with Gasteiger partial charge in [0.25, 0.3) is 0 Å². The molecule has 0 aromatic heterocycles. The number of methoxy groups -OCH3 is 1. The molecule has 0 bridgehead atoms. The maximum absolute atomic E-state index is 6.01. The van der Waals surface area contributed by atoms with Gasteiger partial charge in [-0.2, -0.15) is 0 Å². The summed E-state index contributed by atoms with van der Waals surface area (Å²) in [6, 6.07) is 6.57. The Hall–Kier alpha value is -1.02. The van der Waals surface area contributed by atoms with Gasteiger partial charge in [-0.25, -0.2) is 0 Å². The highest BCUT2D eigenvalue weighted by Crippen LogP contribution is 2.35. The van der Waals surface area contributed by atoms with Crippen molar-refractivity contribution in [2.45, 2.75) is 51.0 Å². The Bertz CT molecular complexity index is 367. The quantitative estimate of drug-likeness (QED) is 0.862. The van der Waals surface area contributed by atoms with E-state index in [4.69, 9.17) is 10.5 Å². The number of hydrogen-bond donors (Lipinski definition) is 1. The Morgan fingerprint density at radius 2 is 1.94 bits per heavy atom. The lowest BCUT2D eigenvalue weighted by atomic mass is 9.83. The van der Waals surface area contributed by atoms with Gasteiger partial charge in [0.2, 0.25) is 0 Å². The van der Waals surface area contributed by atoms with E-state index in [1.165, 1.54) is 37.7 Å². The summed E-state index contributed by atoms with van der Waals surface area (Å²) in [6.45, 7) is 2.02. The second-order valence-electron chi connectivity index (χ2n) is 5.12. The summed E-state index contributed by atoms with van der Waals surface area (Å²) in [5.41, 5.74) is 8.59. The third-order valence-corrected chi connectivity index (χ3v) is 3.82. The van der Waals surface area contributed by atoms with Crippen LogP contribution in [0.15, 0.2) is 18.2 Å². The van der Waals surface area contributed by atoms with E-state index in [0.717, 1.165) is 17.2 Å². The Morgan fingerprint density at radius 3 is 2.53 bits per heavy atom. The van der Waals surface area contributed by atoms with Gasteiger partial charge in [0, 0.05) is 11.6 Å². The van der Waals surface area contributed by atoms with Crippen molar-refractivity contribution in [2.75, 3.05) is 7.11 Å². The molecule has 0 radical (unpaired) electrons. The smallest absolute Gasteiger partial charge is 0.123 e. The van der Waals surface area contributed by atoms with E-state index < -0.39 is 0 Å². The van der Waals surface area contributed by atoms with E-state index in [0.29, 0.717) is 0 Å². The van der Waals surface area contributed by atoms with Gasteiger partial charge in [0.15, 0.2) is 0 Å². The molecule has 1 unspecified atom stereocenters. The molecule has 1 atom stereocenters. The highest BCUT2D eigenvalue weighted by Gasteiger charge is 2.17. The van der Waals surface area contributed by atoms with E-state index in [1.54, 1.807) is 7.11 Å². The molecular formula is C15H23NO. The fraction of sp³-hybridized carbons (Fsp3) is 0.600. The largest absolute Gasteiger partial charge is 0.496 e. The zero-order chi connectivity index (χ0) is 12.3. The molecule has 2 nitrogen and oxygen atoms in total. The van der Waals surface area contributed by atoms with Gasteiger partial charge >= 0.3 is 0 Å². The molecule has 2 rings (SSSR count). The summed E-state index contributed by atoms with van der Waals surface area (Å²) in [4.78, 5) is 0. The van der Waals surface area contributed by atoms with E-state index >= 15 is 0 Å². The lowest BCUT2D eigenvalue weighted by Crippen LogP contribution is -2.10. The minimum atomic E-state index is 0.0356. The average Bonchev–Trinajstić information content (AvgIpc) is 2.39. The summed E-state index contributed by atoms with van der Waals surface area (Å²) in [7, 11) is 1.71. The molecular weight excluding hydrogens is 210 g/mol. The van der Waals surface area contributed by atoms with E-state index in [1.807, 2.05) is 6.92 Å². The van der Waals surface area contributed by atoms with E-state index in [2.05, 4.69) is 18.2 Å². The lowest BCUT2D eigenvalue weighted by molar-refractivity contribution is 0.405. The number of ether oxygens (including phenoxy) is 1. The van der Waals surface area contributed by atoms with Crippen molar-refractivity contribution in [3.05, 3.63) is 29.3 Å². The Kier molecular flexibility index (Phi) is 4.06. The monoisotopic (exact) mass is 233 g/mol. The second-order valence-corrected chi connectivity index (χ2v) is 5.12. The molecule has 1 fully saturated rings. The molecule has 2 heteroatoms. The topological polar surface area (TPSA) is 35.2 Å². The van der Waals surface area contributed by atoms with Crippen molar-refractivity contribution >= 4 is 0 Å². The third-order valence-electron chi connectivity index (χ3n) is 3.82. The van der Waals surface area contributed by atoms with Gasteiger partial charge < -0.3 is 10.5 Å². The molecule has 0 amide bonds. The molecule has 0 spiro atoms. The minimum Gasteiger partial charge on any atom is -0.496 e. The maximum Gasteiger partial charge on any atom is 0.123 e. The summed E-state index contributed by atoms with van der Waals surface area (Å²) in [5.74, 6) is 1.65. The fourth-order valence-corrected chi connectivity index (χ4v) is 2.80. The van der Waals surface area contributed by atoms with Gasteiger partial charge in [-0.3, -0.25) is 0 Å². The van der Waals surface area contributed by atoms with E-state index in [9.17, 15) is 0 Å². The first-order chi connectivity index (χ1) is 8.22. The molecule has 0 heterocycles. The zero-order valence-electron chi connectivity index (χ0n) is 10.9. The molecule has 1 aromatic carbocycles. The predicted molar refractivity (Wildman–Crippen MR) is 71.4 cm³/mol. The van der Waals surface area contributed by atoms with Crippen LogP contribution in [-0.4, -0.2) is 7.11 Å². The van der Waals surface area contributed by atoms with Gasteiger partial charge in [-0.15, -0.1) is 0 Å². The molecule has 1 aliphatic carbocycles. The highest BCUT2D eigenvalue weighted by atomic mass is 16.5. The summed E-state index contributed by atoms with van der Waals surface area (Å²) in [6.07, 6.45) is 6.77. The molecule has 94 valence electrons. The van der Waals surface area contributed by atoms with Crippen LogP contribution in [0, 0.1) is 0 Å². The standard InChI is InChI=1S/C15H23NO/c1-11(16)14-10-13(8-9-15(14)17-2)12-6-4-3-5-7-12/h8-12H,3-7,16H2,1-2H3. The van der Waals surface area contributed by atoms with Crippen LogP contribution < -0.4 is 10.5 Å². The molecule has 1 saturated carbocycles. The first-order valence-corrected chi connectivity index (χ1v) is 6.65. The molecule has 0 aliphatic heterocycles. The van der Waals surface area contributed by atoms with Crippen molar-refractivity contribution in [3.63, 3.8) is 0 Å². The van der Waals surface area contributed by atoms with Crippen molar-refractivity contribution in [1.82, 2.24) is 0 Å². The first kappa shape index (κ1) is 12.4. The Morgan fingerprint density at radius 1 is 1.24 bits per heavy atom. The predicted octanol–water partition coefficient (Wildman–Crippen LogP) is 3.76.